The Hall–Kier alpha value is -2.38. The zero-order chi connectivity index (χ0) is 19.4. The molecule has 0 fully saturated rings. The molecule has 28 heavy (non-hydrogen) atoms. The van der Waals surface area contributed by atoms with Crippen molar-refractivity contribution in [1.82, 2.24) is 0 Å². The van der Waals surface area contributed by atoms with Gasteiger partial charge in [0.05, 0.1) is 9.21 Å². The van der Waals surface area contributed by atoms with Crippen LogP contribution in [0.25, 0.3) is 0 Å². The summed E-state index contributed by atoms with van der Waals surface area (Å²) in [6.07, 6.45) is 0. The van der Waals surface area contributed by atoms with Gasteiger partial charge in [-0.25, -0.2) is 0 Å². The van der Waals surface area contributed by atoms with Crippen LogP contribution in [0.4, 0.5) is 0 Å². The number of thiophene rings is 1. The lowest BCUT2D eigenvalue weighted by atomic mass is 10.3. The number of rotatable bonds is 5. The SMILES string of the molecule is O=C(C=P(c1ccccc1)(c1ccccc1)c1ccccc1)c1ccc(Cl)s1. The van der Waals surface area contributed by atoms with E-state index in [1.54, 1.807) is 6.07 Å². The summed E-state index contributed by atoms with van der Waals surface area (Å²) in [7, 11) is 0. The van der Waals surface area contributed by atoms with Crippen molar-refractivity contribution in [3.8, 4) is 0 Å². The van der Waals surface area contributed by atoms with E-state index >= 15 is 0 Å². The van der Waals surface area contributed by atoms with Gasteiger partial charge >= 0.3 is 0 Å². The first-order valence-corrected chi connectivity index (χ1v) is 12.0. The van der Waals surface area contributed by atoms with Gasteiger partial charge in [-0.15, -0.1) is 11.3 Å². The average Bonchev–Trinajstić information content (AvgIpc) is 3.20. The van der Waals surface area contributed by atoms with Crippen molar-refractivity contribution in [3.05, 3.63) is 112 Å². The number of ketones is 1. The van der Waals surface area contributed by atoms with Crippen LogP contribution in [-0.2, 0) is 0 Å². The Kier molecular flexibility index (Phi) is 5.64. The van der Waals surface area contributed by atoms with E-state index in [0.717, 1.165) is 15.9 Å². The molecule has 3 aromatic carbocycles. The largest absolute Gasteiger partial charge is 0.288 e. The lowest BCUT2D eigenvalue weighted by Crippen LogP contribution is -2.28. The molecule has 138 valence electrons. The first kappa shape index (κ1) is 19.0. The van der Waals surface area contributed by atoms with Crippen molar-refractivity contribution in [2.75, 3.05) is 0 Å². The van der Waals surface area contributed by atoms with Crippen LogP contribution in [0, 0.1) is 0 Å². The van der Waals surface area contributed by atoms with Gasteiger partial charge in [0, 0.05) is 0 Å². The summed E-state index contributed by atoms with van der Waals surface area (Å²) in [6, 6.07) is 34.6. The zero-order valence-corrected chi connectivity index (χ0v) is 17.5. The molecule has 0 saturated carbocycles. The summed E-state index contributed by atoms with van der Waals surface area (Å²) in [5.41, 5.74) is 0. The third-order valence-electron chi connectivity index (χ3n) is 4.62. The van der Waals surface area contributed by atoms with Crippen LogP contribution < -0.4 is 15.9 Å². The Morgan fingerprint density at radius 2 is 1.11 bits per heavy atom. The summed E-state index contributed by atoms with van der Waals surface area (Å²) in [4.78, 5) is 14.0. The Labute approximate surface area is 174 Å². The number of benzene rings is 3. The monoisotopic (exact) mass is 420 g/mol. The predicted octanol–water partition coefficient (Wildman–Crippen LogP) is 5.38. The molecule has 1 heterocycles. The number of Topliss-reactive ketones (excluding diaryl/α,β-unsaturated/α-hetero) is 1. The minimum atomic E-state index is -2.28. The van der Waals surface area contributed by atoms with Gasteiger partial charge in [0.15, 0.2) is 5.78 Å². The van der Waals surface area contributed by atoms with Gasteiger partial charge in [0.2, 0.25) is 0 Å². The van der Waals surface area contributed by atoms with Gasteiger partial charge in [-0.2, -0.15) is 0 Å². The summed E-state index contributed by atoms with van der Waals surface area (Å²) in [6.45, 7) is -2.28. The van der Waals surface area contributed by atoms with Gasteiger partial charge in [-0.1, -0.05) is 103 Å². The molecule has 0 aliphatic carbocycles. The molecule has 0 atom stereocenters. The quantitative estimate of drug-likeness (QED) is 0.313. The first-order chi connectivity index (χ1) is 13.7. The fourth-order valence-electron chi connectivity index (χ4n) is 3.35. The normalized spacial score (nSPS) is 11.2. The summed E-state index contributed by atoms with van der Waals surface area (Å²) in [5, 5.41) is 3.47. The minimum Gasteiger partial charge on any atom is -0.288 e. The van der Waals surface area contributed by atoms with E-state index in [2.05, 4.69) is 36.4 Å². The predicted molar refractivity (Wildman–Crippen MR) is 125 cm³/mol. The topological polar surface area (TPSA) is 17.1 Å². The number of carbonyl (C=O) groups excluding carboxylic acids is 1. The average molecular weight is 421 g/mol. The summed E-state index contributed by atoms with van der Waals surface area (Å²) < 4.78 is 0.625. The molecule has 0 saturated heterocycles. The molecule has 0 radical (unpaired) electrons. The van der Waals surface area contributed by atoms with Gasteiger partial charge in [-0.05, 0) is 40.7 Å². The molecule has 1 aromatic heterocycles. The standard InChI is InChI=1S/C24H18ClOPS/c25-24-17-16-23(28-24)22(26)18-27(19-10-4-1-5-11-19,20-12-6-2-7-13-20)21-14-8-3-9-15-21/h1-18H. The Bertz CT molecular complexity index is 1030. The Morgan fingerprint density at radius 3 is 1.46 bits per heavy atom. The van der Waals surface area contributed by atoms with Crippen molar-refractivity contribution < 1.29 is 4.79 Å². The number of hydrogen-bond acceptors (Lipinski definition) is 2. The summed E-state index contributed by atoms with van der Waals surface area (Å²) in [5.74, 6) is 1.96. The third kappa shape index (κ3) is 3.64. The van der Waals surface area contributed by atoms with E-state index in [-0.39, 0.29) is 5.78 Å². The van der Waals surface area contributed by atoms with E-state index in [9.17, 15) is 4.79 Å². The third-order valence-corrected chi connectivity index (χ3v) is 9.82. The molecule has 4 aromatic rings. The van der Waals surface area contributed by atoms with Crippen molar-refractivity contribution in [2.45, 2.75) is 0 Å². The minimum absolute atomic E-state index is 0.0155. The highest BCUT2D eigenvalue weighted by Crippen LogP contribution is 2.44. The van der Waals surface area contributed by atoms with Gasteiger partial charge in [0.1, 0.15) is 0 Å². The molecular weight excluding hydrogens is 403 g/mol. The molecule has 4 rings (SSSR count). The lowest BCUT2D eigenvalue weighted by molar-refractivity contribution is 0.107. The second kappa shape index (κ2) is 8.32. The van der Waals surface area contributed by atoms with Crippen molar-refractivity contribution in [2.24, 2.45) is 0 Å². The Morgan fingerprint density at radius 1 is 0.679 bits per heavy atom. The smallest absolute Gasteiger partial charge is 0.196 e. The Balaban J connectivity index is 2.07. The van der Waals surface area contributed by atoms with E-state index in [0.29, 0.717) is 9.21 Å². The number of carbonyl (C=O) groups is 1. The number of hydrogen-bond donors (Lipinski definition) is 0. The van der Waals surface area contributed by atoms with Crippen LogP contribution in [0.15, 0.2) is 103 Å². The van der Waals surface area contributed by atoms with Crippen LogP contribution in [-0.4, -0.2) is 11.6 Å². The second-order valence-corrected chi connectivity index (χ2v) is 11.3. The van der Waals surface area contributed by atoms with Crippen LogP contribution >= 0.6 is 29.8 Å². The maximum absolute atomic E-state index is 13.3. The van der Waals surface area contributed by atoms with Crippen LogP contribution in [0.2, 0.25) is 4.34 Å². The van der Waals surface area contributed by atoms with Crippen LogP contribution in [0.5, 0.6) is 0 Å². The van der Waals surface area contributed by atoms with Gasteiger partial charge in [0.25, 0.3) is 0 Å². The van der Waals surface area contributed by atoms with E-state index in [1.807, 2.05) is 66.5 Å². The molecular formula is C24H18ClOPS. The molecule has 0 aliphatic rings. The van der Waals surface area contributed by atoms with Crippen molar-refractivity contribution in [3.63, 3.8) is 0 Å². The highest BCUT2D eigenvalue weighted by atomic mass is 35.5. The van der Waals surface area contributed by atoms with Gasteiger partial charge < -0.3 is 0 Å². The summed E-state index contributed by atoms with van der Waals surface area (Å²) >= 11 is 7.41. The fourth-order valence-corrected chi connectivity index (χ4v) is 8.15. The second-order valence-electron chi connectivity index (χ2n) is 6.33. The van der Waals surface area contributed by atoms with Crippen molar-refractivity contribution in [1.29, 1.82) is 0 Å². The molecule has 0 bridgehead atoms. The van der Waals surface area contributed by atoms with E-state index in [4.69, 9.17) is 11.6 Å². The van der Waals surface area contributed by atoms with Gasteiger partial charge in [-0.3, -0.25) is 4.79 Å². The molecule has 0 spiro atoms. The van der Waals surface area contributed by atoms with Crippen LogP contribution in [0.1, 0.15) is 9.67 Å². The molecule has 0 aliphatic heterocycles. The van der Waals surface area contributed by atoms with Crippen molar-refractivity contribution >= 4 is 57.3 Å². The maximum Gasteiger partial charge on any atom is 0.196 e. The van der Waals surface area contributed by atoms with E-state index in [1.165, 1.54) is 11.3 Å². The fraction of sp³-hybridized carbons (Fsp3) is 0. The molecule has 4 heteroatoms. The first-order valence-electron chi connectivity index (χ1n) is 8.91. The number of halogens is 1. The molecule has 0 unspecified atom stereocenters. The lowest BCUT2D eigenvalue weighted by Gasteiger charge is -2.28. The highest BCUT2D eigenvalue weighted by Gasteiger charge is 2.26. The zero-order valence-electron chi connectivity index (χ0n) is 15.0. The highest BCUT2D eigenvalue weighted by molar-refractivity contribution is 7.95. The van der Waals surface area contributed by atoms with E-state index < -0.39 is 6.89 Å². The molecule has 1 nitrogen and oxygen atoms in total. The van der Waals surface area contributed by atoms with Crippen LogP contribution in [0.3, 0.4) is 0 Å². The molecule has 0 N–H and O–H groups in total. The maximum atomic E-state index is 13.3. The molecule has 0 amide bonds.